The summed E-state index contributed by atoms with van der Waals surface area (Å²) >= 11 is 0. The van der Waals surface area contributed by atoms with Crippen LogP contribution in [0.15, 0.2) is 42.7 Å². The van der Waals surface area contributed by atoms with Crippen LogP contribution in [0.3, 0.4) is 0 Å². The van der Waals surface area contributed by atoms with E-state index in [0.29, 0.717) is 13.2 Å². The van der Waals surface area contributed by atoms with Crippen LogP contribution in [0.1, 0.15) is 37.8 Å². The number of benzene rings is 1. The van der Waals surface area contributed by atoms with Crippen molar-refractivity contribution < 1.29 is 9.53 Å². The van der Waals surface area contributed by atoms with Crippen LogP contribution in [0.4, 0.5) is 4.79 Å². The Morgan fingerprint density at radius 2 is 2.20 bits per heavy atom. The number of aryl methyl sites for hydroxylation is 1. The van der Waals surface area contributed by atoms with E-state index < -0.39 is 0 Å². The lowest BCUT2D eigenvalue weighted by Crippen LogP contribution is -2.40. The highest BCUT2D eigenvalue weighted by Gasteiger charge is 2.29. The molecule has 1 aliphatic heterocycles. The molecule has 0 saturated carbocycles. The average molecular weight is 342 g/mol. The summed E-state index contributed by atoms with van der Waals surface area (Å²) in [4.78, 5) is 14.5. The highest BCUT2D eigenvalue weighted by atomic mass is 16.5. The number of rotatable bonds is 7. The second-order valence-corrected chi connectivity index (χ2v) is 6.21. The fourth-order valence-electron chi connectivity index (χ4n) is 3.28. The van der Waals surface area contributed by atoms with Crippen LogP contribution in [0.5, 0.6) is 5.75 Å². The van der Waals surface area contributed by atoms with E-state index in [-0.39, 0.29) is 12.1 Å². The molecular weight excluding hydrogens is 316 g/mol. The number of carbonyl (C=O) groups excluding carboxylic acids is 1. The fraction of sp³-hybridized carbons (Fsp3) is 0.474. The van der Waals surface area contributed by atoms with Gasteiger partial charge >= 0.3 is 6.03 Å². The Balaban J connectivity index is 1.50. The van der Waals surface area contributed by atoms with Crippen LogP contribution in [0.2, 0.25) is 0 Å². The van der Waals surface area contributed by atoms with E-state index in [1.807, 2.05) is 40.9 Å². The van der Waals surface area contributed by atoms with Gasteiger partial charge in [0.2, 0.25) is 0 Å². The third-order valence-corrected chi connectivity index (χ3v) is 4.49. The summed E-state index contributed by atoms with van der Waals surface area (Å²) in [5, 5.41) is 7.21. The molecule has 1 unspecified atom stereocenters. The van der Waals surface area contributed by atoms with Gasteiger partial charge in [-0.05, 0) is 49.9 Å². The Labute approximate surface area is 148 Å². The molecule has 6 heteroatoms. The van der Waals surface area contributed by atoms with E-state index in [1.54, 1.807) is 6.20 Å². The number of carbonyl (C=O) groups is 1. The van der Waals surface area contributed by atoms with Crippen molar-refractivity contribution in [1.29, 1.82) is 0 Å². The predicted molar refractivity (Wildman–Crippen MR) is 96.5 cm³/mol. The van der Waals surface area contributed by atoms with Crippen LogP contribution >= 0.6 is 0 Å². The van der Waals surface area contributed by atoms with Gasteiger partial charge in [-0.2, -0.15) is 5.10 Å². The first-order chi connectivity index (χ1) is 12.3. The van der Waals surface area contributed by atoms with Crippen molar-refractivity contribution in [3.63, 3.8) is 0 Å². The topological polar surface area (TPSA) is 59.4 Å². The van der Waals surface area contributed by atoms with E-state index in [0.717, 1.165) is 38.1 Å². The molecule has 134 valence electrons. The quantitative estimate of drug-likeness (QED) is 0.786. The normalized spacial score (nSPS) is 16.8. The molecule has 1 saturated heterocycles. The zero-order valence-corrected chi connectivity index (χ0v) is 14.7. The van der Waals surface area contributed by atoms with Gasteiger partial charge in [0.25, 0.3) is 0 Å². The molecule has 1 aromatic heterocycles. The Hall–Kier alpha value is -2.50. The van der Waals surface area contributed by atoms with Crippen molar-refractivity contribution in [3.05, 3.63) is 48.3 Å². The molecule has 2 aromatic rings. The molecular formula is C19H26N4O2. The first-order valence-corrected chi connectivity index (χ1v) is 9.02. The molecule has 2 amide bonds. The van der Waals surface area contributed by atoms with Crippen molar-refractivity contribution in [2.45, 2.75) is 38.8 Å². The van der Waals surface area contributed by atoms with E-state index in [4.69, 9.17) is 4.74 Å². The van der Waals surface area contributed by atoms with Gasteiger partial charge in [-0.25, -0.2) is 4.79 Å². The molecule has 0 spiro atoms. The summed E-state index contributed by atoms with van der Waals surface area (Å²) in [7, 11) is 0. The van der Waals surface area contributed by atoms with E-state index in [9.17, 15) is 4.79 Å². The Kier molecular flexibility index (Phi) is 5.93. The van der Waals surface area contributed by atoms with Crippen LogP contribution in [-0.4, -0.2) is 40.4 Å². The number of likely N-dealkylation sites (tertiary alicyclic amines) is 1. The zero-order chi connectivity index (χ0) is 17.5. The number of hydrogen-bond donors (Lipinski definition) is 1. The van der Waals surface area contributed by atoms with E-state index in [1.165, 1.54) is 5.56 Å². The van der Waals surface area contributed by atoms with E-state index in [2.05, 4.69) is 22.5 Å². The summed E-state index contributed by atoms with van der Waals surface area (Å²) in [5.41, 5.74) is 1.17. The highest BCUT2D eigenvalue weighted by molar-refractivity contribution is 5.75. The molecule has 6 nitrogen and oxygen atoms in total. The molecule has 1 aliphatic rings. The predicted octanol–water partition coefficient (Wildman–Crippen LogP) is 3.22. The summed E-state index contributed by atoms with van der Waals surface area (Å²) in [6.45, 7) is 4.92. The van der Waals surface area contributed by atoms with Crippen LogP contribution < -0.4 is 10.1 Å². The van der Waals surface area contributed by atoms with E-state index >= 15 is 0 Å². The van der Waals surface area contributed by atoms with Gasteiger partial charge in [-0.1, -0.05) is 12.1 Å². The smallest absolute Gasteiger partial charge is 0.317 e. The van der Waals surface area contributed by atoms with Gasteiger partial charge < -0.3 is 15.0 Å². The second kappa shape index (κ2) is 8.55. The summed E-state index contributed by atoms with van der Waals surface area (Å²) in [6.07, 6.45) is 6.62. The van der Waals surface area contributed by atoms with Gasteiger partial charge in [0.05, 0.1) is 12.6 Å². The van der Waals surface area contributed by atoms with Gasteiger partial charge in [-0.15, -0.1) is 0 Å². The van der Waals surface area contributed by atoms with Gasteiger partial charge in [0.15, 0.2) is 0 Å². The number of nitrogens with zero attached hydrogens (tertiary/aromatic N) is 3. The average Bonchev–Trinajstić information content (AvgIpc) is 3.31. The molecule has 1 N–H and O–H groups in total. The standard InChI is InChI=1S/C19H26N4O2/c1-2-25-17-9-7-16(8-10-17)18-6-3-15-23(18)19(24)20-11-4-13-22-14-5-12-21-22/h5,7-10,12,14,18H,2-4,6,11,13,15H2,1H3,(H,20,24). The van der Waals surface area contributed by atoms with Crippen molar-refractivity contribution in [2.24, 2.45) is 0 Å². The summed E-state index contributed by atoms with van der Waals surface area (Å²) in [6, 6.07) is 10.2. The molecule has 0 radical (unpaired) electrons. The lowest BCUT2D eigenvalue weighted by Gasteiger charge is -2.25. The summed E-state index contributed by atoms with van der Waals surface area (Å²) in [5.74, 6) is 0.874. The van der Waals surface area contributed by atoms with Crippen molar-refractivity contribution in [2.75, 3.05) is 19.7 Å². The molecule has 0 bridgehead atoms. The zero-order valence-electron chi connectivity index (χ0n) is 14.7. The maximum absolute atomic E-state index is 12.5. The Morgan fingerprint density at radius 1 is 1.36 bits per heavy atom. The maximum atomic E-state index is 12.5. The first kappa shape index (κ1) is 17.3. The number of aromatic nitrogens is 2. The molecule has 1 aromatic carbocycles. The number of nitrogens with one attached hydrogen (secondary N) is 1. The number of ether oxygens (including phenoxy) is 1. The largest absolute Gasteiger partial charge is 0.494 e. The third kappa shape index (κ3) is 4.53. The van der Waals surface area contributed by atoms with Crippen LogP contribution in [0.25, 0.3) is 0 Å². The highest BCUT2D eigenvalue weighted by Crippen LogP contribution is 2.32. The number of hydrogen-bond acceptors (Lipinski definition) is 3. The molecule has 3 rings (SSSR count). The minimum absolute atomic E-state index is 0.0249. The third-order valence-electron chi connectivity index (χ3n) is 4.49. The SMILES string of the molecule is CCOc1ccc(C2CCCN2C(=O)NCCCn2cccn2)cc1. The monoisotopic (exact) mass is 342 g/mol. The number of amides is 2. The van der Waals surface area contributed by atoms with Crippen molar-refractivity contribution >= 4 is 6.03 Å². The molecule has 1 fully saturated rings. The van der Waals surface area contributed by atoms with Gasteiger partial charge in [0, 0.05) is 32.0 Å². The van der Waals surface area contributed by atoms with Crippen molar-refractivity contribution in [3.8, 4) is 5.75 Å². The second-order valence-electron chi connectivity index (χ2n) is 6.21. The maximum Gasteiger partial charge on any atom is 0.317 e. The lowest BCUT2D eigenvalue weighted by molar-refractivity contribution is 0.192. The molecule has 25 heavy (non-hydrogen) atoms. The van der Waals surface area contributed by atoms with Gasteiger partial charge in [-0.3, -0.25) is 4.68 Å². The Morgan fingerprint density at radius 3 is 2.92 bits per heavy atom. The Bertz CT molecular complexity index is 655. The van der Waals surface area contributed by atoms with Crippen LogP contribution in [0, 0.1) is 0 Å². The molecule has 0 aliphatic carbocycles. The van der Waals surface area contributed by atoms with Crippen LogP contribution in [-0.2, 0) is 6.54 Å². The fourth-order valence-corrected chi connectivity index (χ4v) is 3.28. The van der Waals surface area contributed by atoms with Crippen molar-refractivity contribution in [1.82, 2.24) is 20.0 Å². The minimum Gasteiger partial charge on any atom is -0.494 e. The minimum atomic E-state index is 0.0249. The summed E-state index contributed by atoms with van der Waals surface area (Å²) < 4.78 is 7.37. The number of urea groups is 1. The van der Waals surface area contributed by atoms with Gasteiger partial charge in [0.1, 0.15) is 5.75 Å². The molecule has 1 atom stereocenters. The lowest BCUT2D eigenvalue weighted by atomic mass is 10.0. The molecule has 2 heterocycles. The first-order valence-electron chi connectivity index (χ1n) is 9.02.